The number of alkyl halides is 1. The lowest BCUT2D eigenvalue weighted by molar-refractivity contribution is -0.146. The van der Waals surface area contributed by atoms with Gasteiger partial charge in [-0.2, -0.15) is 0 Å². The molecule has 1 fully saturated rings. The smallest absolute Gasteiger partial charge is 0.302 e. The van der Waals surface area contributed by atoms with Crippen LogP contribution in [0.3, 0.4) is 0 Å². The molecule has 0 aromatic rings. The predicted octanol–water partition coefficient (Wildman–Crippen LogP) is 2.69. The average molecular weight is 282 g/mol. The minimum Gasteiger partial charge on any atom is -0.461 e. The average Bonchev–Trinajstić information content (AvgIpc) is 2.16. The van der Waals surface area contributed by atoms with Gasteiger partial charge in [0.1, 0.15) is 6.10 Å². The van der Waals surface area contributed by atoms with Gasteiger partial charge in [-0.15, -0.1) is 0 Å². The standard InChI is InChI=1S/C9H15IO2/c1-7(11)12-9-6-4-2-3-5-8(9)10/h8-9H,2-6H2,1H3/t8-,9?/m0/s1. The summed E-state index contributed by atoms with van der Waals surface area (Å²) in [7, 11) is 0. The van der Waals surface area contributed by atoms with Gasteiger partial charge in [0, 0.05) is 10.8 Å². The van der Waals surface area contributed by atoms with Crippen LogP contribution < -0.4 is 0 Å². The van der Waals surface area contributed by atoms with Gasteiger partial charge in [0.2, 0.25) is 0 Å². The number of hydrogen-bond donors (Lipinski definition) is 0. The molecule has 3 heteroatoms. The Balaban J connectivity index is 2.41. The molecule has 0 aromatic carbocycles. The Kier molecular flexibility index (Phi) is 4.32. The lowest BCUT2D eigenvalue weighted by atomic mass is 10.1. The number of esters is 1. The van der Waals surface area contributed by atoms with Crippen molar-refractivity contribution in [1.82, 2.24) is 0 Å². The van der Waals surface area contributed by atoms with Gasteiger partial charge in [-0.05, 0) is 19.3 Å². The fraction of sp³-hybridized carbons (Fsp3) is 0.889. The summed E-state index contributed by atoms with van der Waals surface area (Å²) in [6.45, 7) is 1.49. The first-order valence-electron chi connectivity index (χ1n) is 4.51. The van der Waals surface area contributed by atoms with E-state index in [1.807, 2.05) is 0 Å². The molecule has 0 heterocycles. The van der Waals surface area contributed by atoms with Crippen LogP contribution in [0.1, 0.15) is 39.0 Å². The number of hydrogen-bond acceptors (Lipinski definition) is 2. The molecule has 0 bridgehead atoms. The van der Waals surface area contributed by atoms with Crippen molar-refractivity contribution in [3.63, 3.8) is 0 Å². The molecule has 0 amide bonds. The number of carbonyl (C=O) groups is 1. The summed E-state index contributed by atoms with van der Waals surface area (Å²) in [5.41, 5.74) is 0. The van der Waals surface area contributed by atoms with E-state index in [2.05, 4.69) is 22.6 Å². The second kappa shape index (κ2) is 5.04. The highest BCUT2D eigenvalue weighted by atomic mass is 127. The lowest BCUT2D eigenvalue weighted by Crippen LogP contribution is -2.24. The summed E-state index contributed by atoms with van der Waals surface area (Å²) in [6.07, 6.45) is 6.19. The Hall–Kier alpha value is 0.200. The second-order valence-corrected chi connectivity index (χ2v) is 4.90. The van der Waals surface area contributed by atoms with Gasteiger partial charge in [0.05, 0.1) is 0 Å². The monoisotopic (exact) mass is 282 g/mol. The van der Waals surface area contributed by atoms with E-state index in [1.165, 1.54) is 32.6 Å². The maximum Gasteiger partial charge on any atom is 0.302 e. The van der Waals surface area contributed by atoms with Gasteiger partial charge >= 0.3 is 5.97 Å². The van der Waals surface area contributed by atoms with Gasteiger partial charge in [-0.3, -0.25) is 4.79 Å². The van der Waals surface area contributed by atoms with Crippen LogP contribution in [0, 0.1) is 0 Å². The molecule has 0 N–H and O–H groups in total. The normalized spacial score (nSPS) is 30.8. The van der Waals surface area contributed by atoms with E-state index in [4.69, 9.17) is 4.74 Å². The van der Waals surface area contributed by atoms with Crippen molar-refractivity contribution < 1.29 is 9.53 Å². The molecular formula is C9H15IO2. The second-order valence-electron chi connectivity index (χ2n) is 3.30. The van der Waals surface area contributed by atoms with E-state index < -0.39 is 0 Å². The predicted molar refractivity (Wildman–Crippen MR) is 56.4 cm³/mol. The zero-order valence-electron chi connectivity index (χ0n) is 7.38. The lowest BCUT2D eigenvalue weighted by Gasteiger charge is -2.19. The molecule has 2 atom stereocenters. The van der Waals surface area contributed by atoms with Crippen molar-refractivity contribution in [3.05, 3.63) is 0 Å². The first-order chi connectivity index (χ1) is 5.70. The molecule has 1 rings (SSSR count). The third-order valence-corrected chi connectivity index (χ3v) is 3.61. The summed E-state index contributed by atoms with van der Waals surface area (Å²) < 4.78 is 5.76. The molecule has 0 aliphatic heterocycles. The fourth-order valence-electron chi connectivity index (χ4n) is 1.57. The maximum atomic E-state index is 10.7. The highest BCUT2D eigenvalue weighted by Crippen LogP contribution is 2.26. The summed E-state index contributed by atoms with van der Waals surface area (Å²) in [5, 5.41) is 0. The van der Waals surface area contributed by atoms with E-state index in [0.717, 1.165) is 6.42 Å². The number of ether oxygens (including phenoxy) is 1. The van der Waals surface area contributed by atoms with Gasteiger partial charge in [0.25, 0.3) is 0 Å². The Morgan fingerprint density at radius 3 is 2.67 bits per heavy atom. The van der Waals surface area contributed by atoms with E-state index in [0.29, 0.717) is 3.92 Å². The first kappa shape index (κ1) is 10.3. The molecule has 0 spiro atoms. The van der Waals surface area contributed by atoms with E-state index in [1.54, 1.807) is 0 Å². The molecule has 70 valence electrons. The van der Waals surface area contributed by atoms with E-state index >= 15 is 0 Å². The van der Waals surface area contributed by atoms with Crippen molar-refractivity contribution in [2.75, 3.05) is 0 Å². The van der Waals surface area contributed by atoms with Crippen LogP contribution in [0.25, 0.3) is 0 Å². The summed E-state index contributed by atoms with van der Waals surface area (Å²) in [6, 6.07) is 0. The van der Waals surface area contributed by atoms with Crippen molar-refractivity contribution in [2.45, 2.75) is 49.1 Å². The van der Waals surface area contributed by atoms with Crippen LogP contribution in [-0.2, 0) is 9.53 Å². The third-order valence-electron chi connectivity index (χ3n) is 2.19. The largest absolute Gasteiger partial charge is 0.461 e. The van der Waals surface area contributed by atoms with Gasteiger partial charge in [-0.1, -0.05) is 35.4 Å². The SMILES string of the molecule is CC(=O)OC1CCCCC[C@@H]1I. The highest BCUT2D eigenvalue weighted by Gasteiger charge is 2.23. The minimum atomic E-state index is -0.136. The summed E-state index contributed by atoms with van der Waals surface area (Å²) >= 11 is 2.40. The zero-order valence-corrected chi connectivity index (χ0v) is 9.54. The molecule has 1 aliphatic rings. The number of halogens is 1. The zero-order chi connectivity index (χ0) is 8.97. The summed E-state index contributed by atoms with van der Waals surface area (Å²) in [5.74, 6) is -0.136. The Bertz CT molecular complexity index is 159. The van der Waals surface area contributed by atoms with Crippen LogP contribution in [0.4, 0.5) is 0 Å². The Labute approximate surface area is 87.2 Å². The Morgan fingerprint density at radius 1 is 1.33 bits per heavy atom. The van der Waals surface area contributed by atoms with Crippen LogP contribution in [0.2, 0.25) is 0 Å². The molecule has 2 nitrogen and oxygen atoms in total. The fourth-order valence-corrected chi connectivity index (χ4v) is 2.52. The number of rotatable bonds is 1. The molecule has 1 saturated carbocycles. The van der Waals surface area contributed by atoms with Crippen LogP contribution in [-0.4, -0.2) is 16.0 Å². The number of carbonyl (C=O) groups excluding carboxylic acids is 1. The molecular weight excluding hydrogens is 267 g/mol. The van der Waals surface area contributed by atoms with Gasteiger partial charge in [0.15, 0.2) is 0 Å². The molecule has 0 radical (unpaired) electrons. The van der Waals surface area contributed by atoms with Crippen LogP contribution in [0.5, 0.6) is 0 Å². The van der Waals surface area contributed by atoms with Crippen molar-refractivity contribution in [1.29, 1.82) is 0 Å². The highest BCUT2D eigenvalue weighted by molar-refractivity contribution is 14.1. The molecule has 0 aromatic heterocycles. The first-order valence-corrected chi connectivity index (χ1v) is 5.76. The molecule has 1 aliphatic carbocycles. The van der Waals surface area contributed by atoms with E-state index in [-0.39, 0.29) is 12.1 Å². The van der Waals surface area contributed by atoms with Crippen molar-refractivity contribution in [3.8, 4) is 0 Å². The quantitative estimate of drug-likeness (QED) is 0.320. The maximum absolute atomic E-state index is 10.7. The van der Waals surface area contributed by atoms with Crippen LogP contribution in [0.15, 0.2) is 0 Å². The molecule has 1 unspecified atom stereocenters. The summed E-state index contributed by atoms with van der Waals surface area (Å²) in [4.78, 5) is 10.7. The van der Waals surface area contributed by atoms with E-state index in [9.17, 15) is 4.79 Å². The van der Waals surface area contributed by atoms with Gasteiger partial charge < -0.3 is 4.74 Å². The molecule has 12 heavy (non-hydrogen) atoms. The van der Waals surface area contributed by atoms with Crippen molar-refractivity contribution >= 4 is 28.6 Å². The Morgan fingerprint density at radius 2 is 2.00 bits per heavy atom. The third kappa shape index (κ3) is 3.29. The topological polar surface area (TPSA) is 26.3 Å². The van der Waals surface area contributed by atoms with Crippen molar-refractivity contribution in [2.24, 2.45) is 0 Å². The minimum absolute atomic E-state index is 0.136. The van der Waals surface area contributed by atoms with Crippen LogP contribution >= 0.6 is 22.6 Å². The molecule has 0 saturated heterocycles. The van der Waals surface area contributed by atoms with Gasteiger partial charge in [-0.25, -0.2) is 0 Å².